The van der Waals surface area contributed by atoms with E-state index in [1.54, 1.807) is 7.05 Å². The van der Waals surface area contributed by atoms with Crippen LogP contribution < -0.4 is 10.2 Å². The molecule has 0 unspecified atom stereocenters. The Kier molecular flexibility index (Phi) is 7.21. The third kappa shape index (κ3) is 5.12. The van der Waals surface area contributed by atoms with Gasteiger partial charge in [-0.1, -0.05) is 12.1 Å². The first kappa shape index (κ1) is 21.5. The number of nitrogens with zero attached hydrogens (tertiary/aromatic N) is 2. The molecule has 0 radical (unpaired) electrons. The number of hydrogen-bond donors (Lipinski definition) is 1. The molecule has 5 heteroatoms. The zero-order valence-electron chi connectivity index (χ0n) is 17.7. The van der Waals surface area contributed by atoms with Gasteiger partial charge in [0.2, 0.25) is 5.91 Å². The van der Waals surface area contributed by atoms with Crippen LogP contribution in [0, 0.1) is 13.8 Å². The smallest absolute Gasteiger partial charge is 0.254 e. The molecule has 2 rings (SSSR count). The van der Waals surface area contributed by atoms with Gasteiger partial charge in [-0.2, -0.15) is 0 Å². The molecule has 0 aromatic heterocycles. The van der Waals surface area contributed by atoms with Crippen molar-refractivity contribution >= 4 is 23.2 Å². The molecule has 0 aliphatic rings. The standard InChI is InChI=1S/C23H31N3O2/c1-7-26(16(2)3)20-13-11-19(12-14-20)23(28)25(6)15-22(27)24-21-10-8-9-17(4)18(21)5/h8-14,16H,7,15H2,1-6H3,(H,24,27). The van der Waals surface area contributed by atoms with Gasteiger partial charge in [0.15, 0.2) is 0 Å². The first-order valence-electron chi connectivity index (χ1n) is 9.72. The summed E-state index contributed by atoms with van der Waals surface area (Å²) in [5.74, 6) is -0.381. The summed E-state index contributed by atoms with van der Waals surface area (Å²) >= 11 is 0. The fraction of sp³-hybridized carbons (Fsp3) is 0.391. The number of likely N-dealkylation sites (N-methyl/N-ethyl adjacent to an activating group) is 1. The second-order valence-electron chi connectivity index (χ2n) is 7.38. The molecule has 0 bridgehead atoms. The lowest BCUT2D eigenvalue weighted by Gasteiger charge is -2.27. The number of carbonyl (C=O) groups excluding carboxylic acids is 2. The van der Waals surface area contributed by atoms with Gasteiger partial charge in [-0.15, -0.1) is 0 Å². The summed E-state index contributed by atoms with van der Waals surface area (Å²) in [6.07, 6.45) is 0. The third-order valence-corrected chi connectivity index (χ3v) is 5.02. The Balaban J connectivity index is 2.02. The minimum absolute atomic E-state index is 0.00104. The van der Waals surface area contributed by atoms with Gasteiger partial charge in [-0.05, 0) is 76.1 Å². The molecule has 2 aromatic carbocycles. The van der Waals surface area contributed by atoms with Crippen molar-refractivity contribution in [3.05, 3.63) is 59.2 Å². The van der Waals surface area contributed by atoms with E-state index in [4.69, 9.17) is 0 Å². The maximum atomic E-state index is 12.7. The van der Waals surface area contributed by atoms with E-state index in [1.165, 1.54) is 4.90 Å². The summed E-state index contributed by atoms with van der Waals surface area (Å²) in [4.78, 5) is 28.7. The Labute approximate surface area is 168 Å². The van der Waals surface area contributed by atoms with Crippen LogP contribution in [-0.2, 0) is 4.79 Å². The summed E-state index contributed by atoms with van der Waals surface area (Å²) in [5.41, 5.74) is 4.59. The first-order valence-corrected chi connectivity index (χ1v) is 9.72. The fourth-order valence-electron chi connectivity index (χ4n) is 3.23. The number of carbonyl (C=O) groups is 2. The van der Waals surface area contributed by atoms with Gasteiger partial charge in [-0.3, -0.25) is 9.59 Å². The molecule has 28 heavy (non-hydrogen) atoms. The molecular weight excluding hydrogens is 350 g/mol. The van der Waals surface area contributed by atoms with Crippen LogP contribution in [0.3, 0.4) is 0 Å². The maximum Gasteiger partial charge on any atom is 0.254 e. The summed E-state index contributed by atoms with van der Waals surface area (Å²) in [6.45, 7) is 11.3. The highest BCUT2D eigenvalue weighted by molar-refractivity contribution is 5.99. The second-order valence-corrected chi connectivity index (χ2v) is 7.38. The van der Waals surface area contributed by atoms with E-state index in [-0.39, 0.29) is 18.4 Å². The lowest BCUT2D eigenvalue weighted by molar-refractivity contribution is -0.116. The van der Waals surface area contributed by atoms with Crippen LogP contribution in [-0.4, -0.2) is 42.9 Å². The van der Waals surface area contributed by atoms with E-state index in [0.717, 1.165) is 29.0 Å². The molecule has 2 aromatic rings. The molecule has 2 amide bonds. The van der Waals surface area contributed by atoms with Crippen LogP contribution >= 0.6 is 0 Å². The van der Waals surface area contributed by atoms with Crippen molar-refractivity contribution in [3.63, 3.8) is 0 Å². The molecule has 0 fully saturated rings. The predicted octanol–water partition coefficient (Wildman–Crippen LogP) is 4.25. The Bertz CT molecular complexity index is 828. The molecule has 0 aliphatic heterocycles. The number of hydrogen-bond acceptors (Lipinski definition) is 3. The quantitative estimate of drug-likeness (QED) is 0.780. The maximum absolute atomic E-state index is 12.7. The van der Waals surface area contributed by atoms with Crippen molar-refractivity contribution < 1.29 is 9.59 Å². The van der Waals surface area contributed by atoms with Crippen molar-refractivity contribution in [2.45, 2.75) is 40.7 Å². The van der Waals surface area contributed by atoms with E-state index in [1.807, 2.05) is 56.3 Å². The van der Waals surface area contributed by atoms with Crippen molar-refractivity contribution in [1.29, 1.82) is 0 Å². The van der Waals surface area contributed by atoms with Gasteiger partial charge in [0.1, 0.15) is 0 Å². The molecule has 0 saturated heterocycles. The van der Waals surface area contributed by atoms with Crippen LogP contribution in [0.2, 0.25) is 0 Å². The normalized spacial score (nSPS) is 10.7. The summed E-state index contributed by atoms with van der Waals surface area (Å²) < 4.78 is 0. The Morgan fingerprint density at radius 2 is 1.68 bits per heavy atom. The minimum Gasteiger partial charge on any atom is -0.369 e. The minimum atomic E-state index is -0.210. The predicted molar refractivity (Wildman–Crippen MR) is 116 cm³/mol. The Morgan fingerprint density at radius 1 is 1.04 bits per heavy atom. The average Bonchev–Trinajstić information content (AvgIpc) is 2.65. The Hall–Kier alpha value is -2.82. The zero-order chi connectivity index (χ0) is 20.8. The lowest BCUT2D eigenvalue weighted by Crippen LogP contribution is -2.35. The van der Waals surface area contributed by atoms with Crippen molar-refractivity contribution in [2.24, 2.45) is 0 Å². The van der Waals surface area contributed by atoms with Crippen molar-refractivity contribution in [1.82, 2.24) is 4.90 Å². The number of anilines is 2. The molecule has 5 nitrogen and oxygen atoms in total. The SMILES string of the molecule is CCN(c1ccc(C(=O)N(C)CC(=O)Nc2cccc(C)c2C)cc1)C(C)C. The van der Waals surface area contributed by atoms with Crippen LogP contribution in [0.15, 0.2) is 42.5 Å². The van der Waals surface area contributed by atoms with Gasteiger partial charge in [0, 0.05) is 36.6 Å². The van der Waals surface area contributed by atoms with Gasteiger partial charge in [-0.25, -0.2) is 0 Å². The number of rotatable bonds is 7. The van der Waals surface area contributed by atoms with Crippen LogP contribution in [0.25, 0.3) is 0 Å². The first-order chi connectivity index (χ1) is 13.2. The summed E-state index contributed by atoms with van der Waals surface area (Å²) in [5, 5.41) is 2.89. The molecule has 0 spiro atoms. The Morgan fingerprint density at radius 3 is 2.25 bits per heavy atom. The number of nitrogens with one attached hydrogen (secondary N) is 1. The lowest BCUT2D eigenvalue weighted by atomic mass is 10.1. The molecule has 0 aliphatic carbocycles. The van der Waals surface area contributed by atoms with E-state index in [2.05, 4.69) is 31.0 Å². The highest BCUT2D eigenvalue weighted by Gasteiger charge is 2.16. The van der Waals surface area contributed by atoms with E-state index < -0.39 is 0 Å². The van der Waals surface area contributed by atoms with E-state index in [0.29, 0.717) is 11.6 Å². The number of amides is 2. The monoisotopic (exact) mass is 381 g/mol. The van der Waals surface area contributed by atoms with Crippen LogP contribution in [0.4, 0.5) is 11.4 Å². The topological polar surface area (TPSA) is 52.7 Å². The van der Waals surface area contributed by atoms with E-state index >= 15 is 0 Å². The summed E-state index contributed by atoms with van der Waals surface area (Å²) in [7, 11) is 1.64. The van der Waals surface area contributed by atoms with Crippen LogP contribution in [0.1, 0.15) is 42.3 Å². The van der Waals surface area contributed by atoms with Gasteiger partial charge in [0.05, 0.1) is 6.54 Å². The van der Waals surface area contributed by atoms with Gasteiger partial charge < -0.3 is 15.1 Å². The third-order valence-electron chi connectivity index (χ3n) is 5.02. The molecule has 0 heterocycles. The van der Waals surface area contributed by atoms with Crippen molar-refractivity contribution in [2.75, 3.05) is 30.4 Å². The van der Waals surface area contributed by atoms with Gasteiger partial charge >= 0.3 is 0 Å². The molecule has 150 valence electrons. The van der Waals surface area contributed by atoms with Gasteiger partial charge in [0.25, 0.3) is 5.91 Å². The summed E-state index contributed by atoms with van der Waals surface area (Å²) in [6, 6.07) is 13.7. The largest absolute Gasteiger partial charge is 0.369 e. The molecular formula is C23H31N3O2. The average molecular weight is 382 g/mol. The highest BCUT2D eigenvalue weighted by Crippen LogP contribution is 2.19. The molecule has 0 saturated carbocycles. The second kappa shape index (κ2) is 9.40. The fourth-order valence-corrected chi connectivity index (χ4v) is 3.23. The van der Waals surface area contributed by atoms with E-state index in [9.17, 15) is 9.59 Å². The molecule has 0 atom stereocenters. The number of aryl methyl sites for hydroxylation is 1. The highest BCUT2D eigenvalue weighted by atomic mass is 16.2. The molecule has 1 N–H and O–H groups in total. The zero-order valence-corrected chi connectivity index (χ0v) is 17.7. The number of benzene rings is 2. The van der Waals surface area contributed by atoms with Crippen molar-refractivity contribution in [3.8, 4) is 0 Å². The van der Waals surface area contributed by atoms with Crippen LogP contribution in [0.5, 0.6) is 0 Å².